The first-order valence-electron chi connectivity index (χ1n) is 10.1. The van der Waals surface area contributed by atoms with Crippen molar-refractivity contribution in [3.63, 3.8) is 0 Å². The molecule has 0 saturated carbocycles. The smallest absolute Gasteiger partial charge is 0.217 e. The van der Waals surface area contributed by atoms with Crippen LogP contribution in [0, 0.1) is 5.92 Å². The third-order valence-electron chi connectivity index (χ3n) is 5.14. The zero-order valence-electron chi connectivity index (χ0n) is 17.4. The number of hydrogen-bond donors (Lipinski definition) is 2. The lowest BCUT2D eigenvalue weighted by Crippen LogP contribution is -2.46. The molecule has 1 aliphatic heterocycles. The van der Waals surface area contributed by atoms with Gasteiger partial charge in [-0.25, -0.2) is 0 Å². The Labute approximate surface area is 195 Å². The van der Waals surface area contributed by atoms with Crippen LogP contribution in [0.5, 0.6) is 5.75 Å². The lowest BCUT2D eigenvalue weighted by molar-refractivity contribution is -0.119. The van der Waals surface area contributed by atoms with Crippen LogP contribution >= 0.6 is 24.0 Å². The first-order chi connectivity index (χ1) is 14.1. The van der Waals surface area contributed by atoms with Gasteiger partial charge in [0.1, 0.15) is 12.4 Å². The Hall–Kier alpha value is -2.29. The van der Waals surface area contributed by atoms with Crippen LogP contribution in [0.4, 0.5) is 0 Å². The first kappa shape index (κ1) is 24.0. The Bertz CT molecular complexity index is 812. The van der Waals surface area contributed by atoms with Crippen LogP contribution in [0.25, 0.3) is 0 Å². The quantitative estimate of drug-likeness (QED) is 0.331. The molecule has 1 atom stereocenters. The molecule has 2 aromatic carbocycles. The van der Waals surface area contributed by atoms with Gasteiger partial charge in [-0.2, -0.15) is 0 Å². The number of carbonyl (C=O) groups excluding carboxylic acids is 1. The normalized spacial score (nSPS) is 16.5. The van der Waals surface area contributed by atoms with Crippen LogP contribution in [0.15, 0.2) is 59.6 Å². The fourth-order valence-corrected chi connectivity index (χ4v) is 3.67. The standard InChI is InChI=1S/C23H30N4O2.HI/c1-25-23(27-13-5-8-20(16-27)14-22(24)28)26-15-18-9-11-21(12-10-18)29-17-19-6-3-2-4-7-19;/h2-4,6-7,9-12,20H,5,8,13-17H2,1H3,(H2,24,28)(H,25,26);1H. The summed E-state index contributed by atoms with van der Waals surface area (Å²) in [6.07, 6.45) is 2.53. The van der Waals surface area contributed by atoms with Gasteiger partial charge < -0.3 is 20.7 Å². The molecule has 7 heteroatoms. The largest absolute Gasteiger partial charge is 0.489 e. The Kier molecular flexibility index (Phi) is 9.93. The molecule has 30 heavy (non-hydrogen) atoms. The molecular weight excluding hydrogens is 491 g/mol. The third-order valence-corrected chi connectivity index (χ3v) is 5.14. The van der Waals surface area contributed by atoms with Crippen LogP contribution < -0.4 is 15.8 Å². The van der Waals surface area contributed by atoms with Crippen molar-refractivity contribution in [3.05, 3.63) is 65.7 Å². The molecule has 3 N–H and O–H groups in total. The summed E-state index contributed by atoms with van der Waals surface area (Å²) in [4.78, 5) is 17.9. The van der Waals surface area contributed by atoms with Crippen molar-refractivity contribution in [1.82, 2.24) is 10.2 Å². The minimum atomic E-state index is -0.227. The molecule has 0 aliphatic carbocycles. The second-order valence-electron chi connectivity index (χ2n) is 7.44. The number of hydrogen-bond acceptors (Lipinski definition) is 3. The number of nitrogens with zero attached hydrogens (tertiary/aromatic N) is 2. The summed E-state index contributed by atoms with van der Waals surface area (Å²) < 4.78 is 5.84. The van der Waals surface area contributed by atoms with Crippen molar-refractivity contribution in [2.24, 2.45) is 16.6 Å². The van der Waals surface area contributed by atoms with E-state index >= 15 is 0 Å². The Morgan fingerprint density at radius 1 is 1.17 bits per heavy atom. The summed E-state index contributed by atoms with van der Waals surface area (Å²) in [7, 11) is 1.79. The average molecular weight is 522 g/mol. The number of aliphatic imine (C=N–C) groups is 1. The van der Waals surface area contributed by atoms with Crippen LogP contribution in [-0.2, 0) is 17.9 Å². The first-order valence-corrected chi connectivity index (χ1v) is 10.1. The van der Waals surface area contributed by atoms with Gasteiger partial charge in [-0.3, -0.25) is 9.79 Å². The van der Waals surface area contributed by atoms with Gasteiger partial charge in [0.05, 0.1) is 0 Å². The van der Waals surface area contributed by atoms with E-state index in [1.807, 2.05) is 30.3 Å². The van der Waals surface area contributed by atoms with Crippen molar-refractivity contribution in [2.45, 2.75) is 32.4 Å². The van der Waals surface area contributed by atoms with E-state index in [4.69, 9.17) is 10.5 Å². The number of amides is 1. The number of benzene rings is 2. The summed E-state index contributed by atoms with van der Waals surface area (Å²) in [6.45, 7) is 3.01. The number of piperidine rings is 1. The number of carbonyl (C=O) groups is 1. The number of nitrogens with two attached hydrogens (primary N) is 1. The number of likely N-dealkylation sites (tertiary alicyclic amines) is 1. The highest BCUT2D eigenvalue weighted by Crippen LogP contribution is 2.19. The predicted octanol–water partition coefficient (Wildman–Crippen LogP) is 3.55. The predicted molar refractivity (Wildman–Crippen MR) is 131 cm³/mol. The van der Waals surface area contributed by atoms with E-state index in [1.54, 1.807) is 7.05 Å². The van der Waals surface area contributed by atoms with Crippen LogP contribution in [0.2, 0.25) is 0 Å². The highest BCUT2D eigenvalue weighted by Gasteiger charge is 2.23. The fourth-order valence-electron chi connectivity index (χ4n) is 3.67. The van der Waals surface area contributed by atoms with Gasteiger partial charge in [0.15, 0.2) is 5.96 Å². The molecule has 2 aromatic rings. The molecule has 1 amide bonds. The second-order valence-corrected chi connectivity index (χ2v) is 7.44. The number of guanidine groups is 1. The monoisotopic (exact) mass is 522 g/mol. The molecule has 3 rings (SSSR count). The lowest BCUT2D eigenvalue weighted by Gasteiger charge is -2.34. The third kappa shape index (κ3) is 7.51. The van der Waals surface area contributed by atoms with Gasteiger partial charge in [0.2, 0.25) is 5.91 Å². The molecule has 0 radical (unpaired) electrons. The summed E-state index contributed by atoms with van der Waals surface area (Å²) in [5.74, 6) is 1.80. The lowest BCUT2D eigenvalue weighted by atomic mass is 9.95. The van der Waals surface area contributed by atoms with E-state index in [2.05, 4.69) is 39.5 Å². The highest BCUT2D eigenvalue weighted by molar-refractivity contribution is 14.0. The number of ether oxygens (including phenoxy) is 1. The van der Waals surface area contributed by atoms with E-state index in [-0.39, 0.29) is 29.9 Å². The van der Waals surface area contributed by atoms with E-state index in [0.29, 0.717) is 25.5 Å². The zero-order valence-corrected chi connectivity index (χ0v) is 19.8. The molecule has 1 aliphatic rings. The topological polar surface area (TPSA) is 80.0 Å². The van der Waals surface area contributed by atoms with Gasteiger partial charge in [-0.1, -0.05) is 42.5 Å². The molecule has 0 aromatic heterocycles. The van der Waals surface area contributed by atoms with Gasteiger partial charge in [-0.15, -0.1) is 24.0 Å². The van der Waals surface area contributed by atoms with Crippen molar-refractivity contribution in [1.29, 1.82) is 0 Å². The van der Waals surface area contributed by atoms with E-state index in [9.17, 15) is 4.79 Å². The Morgan fingerprint density at radius 2 is 1.90 bits per heavy atom. The van der Waals surface area contributed by atoms with Crippen LogP contribution in [0.1, 0.15) is 30.4 Å². The van der Waals surface area contributed by atoms with Crippen molar-refractivity contribution in [3.8, 4) is 5.75 Å². The van der Waals surface area contributed by atoms with Crippen LogP contribution in [-0.4, -0.2) is 36.9 Å². The summed E-state index contributed by atoms with van der Waals surface area (Å²) >= 11 is 0. The summed E-state index contributed by atoms with van der Waals surface area (Å²) in [5, 5.41) is 3.43. The zero-order chi connectivity index (χ0) is 20.5. The molecule has 162 valence electrons. The molecule has 1 fully saturated rings. The Morgan fingerprint density at radius 3 is 2.57 bits per heavy atom. The van der Waals surface area contributed by atoms with E-state index < -0.39 is 0 Å². The molecule has 6 nitrogen and oxygen atoms in total. The number of rotatable bonds is 7. The number of halogens is 1. The second kappa shape index (κ2) is 12.4. The minimum Gasteiger partial charge on any atom is -0.489 e. The summed E-state index contributed by atoms with van der Waals surface area (Å²) in [6, 6.07) is 18.2. The van der Waals surface area contributed by atoms with Crippen LogP contribution in [0.3, 0.4) is 0 Å². The fraction of sp³-hybridized carbons (Fsp3) is 0.391. The molecular formula is C23H31IN4O2. The van der Waals surface area contributed by atoms with Crippen molar-refractivity contribution >= 4 is 35.8 Å². The SMILES string of the molecule is CN=C(NCc1ccc(OCc2ccccc2)cc1)N1CCCC(CC(N)=O)C1.I. The van der Waals surface area contributed by atoms with Crippen molar-refractivity contribution < 1.29 is 9.53 Å². The highest BCUT2D eigenvalue weighted by atomic mass is 127. The maximum Gasteiger partial charge on any atom is 0.217 e. The van der Waals surface area contributed by atoms with Gasteiger partial charge >= 0.3 is 0 Å². The maximum absolute atomic E-state index is 11.2. The summed E-state index contributed by atoms with van der Waals surface area (Å²) in [5.41, 5.74) is 7.67. The Balaban J connectivity index is 0.00000320. The van der Waals surface area contributed by atoms with E-state index in [1.165, 1.54) is 0 Å². The maximum atomic E-state index is 11.2. The number of primary amides is 1. The molecule has 1 saturated heterocycles. The molecule has 1 heterocycles. The minimum absolute atomic E-state index is 0. The van der Waals surface area contributed by atoms with Gasteiger partial charge in [0, 0.05) is 33.1 Å². The molecule has 1 unspecified atom stereocenters. The average Bonchev–Trinajstić information content (AvgIpc) is 2.74. The van der Waals surface area contributed by atoms with Crippen molar-refractivity contribution in [2.75, 3.05) is 20.1 Å². The number of nitrogens with one attached hydrogen (secondary N) is 1. The molecule has 0 spiro atoms. The molecule has 0 bridgehead atoms. The van der Waals surface area contributed by atoms with E-state index in [0.717, 1.165) is 48.8 Å². The van der Waals surface area contributed by atoms with Gasteiger partial charge in [-0.05, 0) is 42.0 Å². The van der Waals surface area contributed by atoms with Gasteiger partial charge in [0.25, 0.3) is 0 Å².